The van der Waals surface area contributed by atoms with Crippen molar-refractivity contribution in [2.45, 2.75) is 57.3 Å². The van der Waals surface area contributed by atoms with Crippen molar-refractivity contribution in [1.29, 1.82) is 0 Å². The smallest absolute Gasteiger partial charge is 0.144 e. The molecule has 18 heavy (non-hydrogen) atoms. The second-order valence-electron chi connectivity index (χ2n) is 5.54. The van der Waals surface area contributed by atoms with Crippen molar-refractivity contribution < 1.29 is 0 Å². The van der Waals surface area contributed by atoms with E-state index in [1.165, 1.54) is 12.8 Å². The normalized spacial score (nSPS) is 31.8. The molecular formula is C13H19ClN4. The highest BCUT2D eigenvalue weighted by molar-refractivity contribution is 6.29. The van der Waals surface area contributed by atoms with Gasteiger partial charge in [-0.25, -0.2) is 9.97 Å². The Balaban J connectivity index is 1.77. The summed E-state index contributed by atoms with van der Waals surface area (Å²) in [6, 6.07) is 3.40. The van der Waals surface area contributed by atoms with Gasteiger partial charge in [0.1, 0.15) is 11.0 Å². The maximum Gasteiger partial charge on any atom is 0.144 e. The average molecular weight is 267 g/mol. The van der Waals surface area contributed by atoms with Crippen molar-refractivity contribution in [3.05, 3.63) is 22.7 Å². The van der Waals surface area contributed by atoms with Gasteiger partial charge in [-0.3, -0.25) is 4.90 Å². The molecule has 2 aliphatic heterocycles. The Hall–Kier alpha value is -0.710. The van der Waals surface area contributed by atoms with Crippen LogP contribution in [0.2, 0.25) is 5.15 Å². The molecule has 2 aliphatic rings. The summed E-state index contributed by atoms with van der Waals surface area (Å²) >= 11 is 5.99. The van der Waals surface area contributed by atoms with Crippen LogP contribution in [0.3, 0.4) is 0 Å². The molecule has 3 rings (SSSR count). The van der Waals surface area contributed by atoms with Gasteiger partial charge in [0.2, 0.25) is 0 Å². The van der Waals surface area contributed by atoms with E-state index in [1.807, 2.05) is 6.92 Å². The van der Waals surface area contributed by atoms with E-state index in [0.717, 1.165) is 30.9 Å². The van der Waals surface area contributed by atoms with E-state index < -0.39 is 0 Å². The van der Waals surface area contributed by atoms with Crippen LogP contribution in [-0.4, -0.2) is 33.0 Å². The number of aromatic nitrogens is 2. The van der Waals surface area contributed by atoms with Gasteiger partial charge in [0.25, 0.3) is 0 Å². The molecule has 2 N–H and O–H groups in total. The van der Waals surface area contributed by atoms with E-state index in [4.69, 9.17) is 17.3 Å². The first kappa shape index (κ1) is 12.3. The Labute approximate surface area is 113 Å². The third-order valence-corrected chi connectivity index (χ3v) is 4.31. The highest BCUT2D eigenvalue weighted by Gasteiger charge is 2.39. The van der Waals surface area contributed by atoms with Crippen molar-refractivity contribution in [1.82, 2.24) is 14.9 Å². The molecular weight excluding hydrogens is 248 g/mol. The second kappa shape index (κ2) is 4.76. The van der Waals surface area contributed by atoms with Gasteiger partial charge in [-0.15, -0.1) is 0 Å². The Morgan fingerprint density at radius 2 is 2.00 bits per heavy atom. The number of halogens is 1. The molecule has 0 aliphatic carbocycles. The van der Waals surface area contributed by atoms with Crippen LogP contribution in [0.25, 0.3) is 0 Å². The number of piperidine rings is 1. The first-order valence-electron chi connectivity index (χ1n) is 6.63. The molecule has 2 atom stereocenters. The largest absolute Gasteiger partial charge is 0.328 e. The lowest BCUT2D eigenvalue weighted by Gasteiger charge is -2.37. The third kappa shape index (κ3) is 2.37. The zero-order valence-corrected chi connectivity index (χ0v) is 11.4. The predicted molar refractivity (Wildman–Crippen MR) is 71.3 cm³/mol. The molecule has 0 spiro atoms. The molecule has 0 saturated carbocycles. The average Bonchev–Trinajstić information content (AvgIpc) is 2.53. The van der Waals surface area contributed by atoms with Crippen LogP contribution < -0.4 is 5.73 Å². The number of nitrogens with two attached hydrogens (primary N) is 1. The first-order chi connectivity index (χ1) is 8.61. The SMILES string of the molecule is Cc1cc(Cl)nc(CN2C3CCC2CC(N)C3)n1. The number of fused-ring (bicyclic) bond motifs is 2. The van der Waals surface area contributed by atoms with Gasteiger partial charge in [0, 0.05) is 23.8 Å². The van der Waals surface area contributed by atoms with Crippen LogP contribution in [0.1, 0.15) is 37.2 Å². The molecule has 2 bridgehead atoms. The van der Waals surface area contributed by atoms with Gasteiger partial charge in [-0.1, -0.05) is 11.6 Å². The Morgan fingerprint density at radius 1 is 1.33 bits per heavy atom. The van der Waals surface area contributed by atoms with Gasteiger partial charge in [-0.2, -0.15) is 0 Å². The lowest BCUT2D eigenvalue weighted by Crippen LogP contribution is -2.47. The molecule has 2 saturated heterocycles. The minimum atomic E-state index is 0.376. The minimum absolute atomic E-state index is 0.376. The summed E-state index contributed by atoms with van der Waals surface area (Å²) in [6.45, 7) is 2.77. The number of nitrogens with zero attached hydrogens (tertiary/aromatic N) is 3. The number of hydrogen-bond acceptors (Lipinski definition) is 4. The molecule has 3 heterocycles. The van der Waals surface area contributed by atoms with Gasteiger partial charge in [0.15, 0.2) is 0 Å². The van der Waals surface area contributed by atoms with Crippen LogP contribution in [0.15, 0.2) is 6.07 Å². The molecule has 5 heteroatoms. The minimum Gasteiger partial charge on any atom is -0.328 e. The van der Waals surface area contributed by atoms with Crippen molar-refractivity contribution in [3.63, 3.8) is 0 Å². The summed E-state index contributed by atoms with van der Waals surface area (Å²) in [6.07, 6.45) is 4.74. The lowest BCUT2D eigenvalue weighted by atomic mass is 9.98. The van der Waals surface area contributed by atoms with Crippen molar-refractivity contribution in [2.75, 3.05) is 0 Å². The van der Waals surface area contributed by atoms with E-state index >= 15 is 0 Å². The number of hydrogen-bond donors (Lipinski definition) is 1. The maximum atomic E-state index is 6.08. The van der Waals surface area contributed by atoms with Crippen molar-refractivity contribution in [2.24, 2.45) is 5.73 Å². The zero-order valence-electron chi connectivity index (χ0n) is 10.6. The maximum absolute atomic E-state index is 6.08. The van der Waals surface area contributed by atoms with Crippen LogP contribution in [0.5, 0.6) is 0 Å². The Morgan fingerprint density at radius 3 is 2.61 bits per heavy atom. The van der Waals surface area contributed by atoms with Gasteiger partial charge in [-0.05, 0) is 38.7 Å². The molecule has 0 aromatic carbocycles. The van der Waals surface area contributed by atoms with Gasteiger partial charge in [0.05, 0.1) is 6.54 Å². The lowest BCUT2D eigenvalue weighted by molar-refractivity contribution is 0.116. The highest BCUT2D eigenvalue weighted by atomic mass is 35.5. The van der Waals surface area contributed by atoms with Crippen molar-refractivity contribution in [3.8, 4) is 0 Å². The number of rotatable bonds is 2. The van der Waals surface area contributed by atoms with E-state index in [1.54, 1.807) is 6.07 Å². The Kier molecular flexibility index (Phi) is 3.26. The molecule has 0 radical (unpaired) electrons. The van der Waals surface area contributed by atoms with Crippen LogP contribution in [0, 0.1) is 6.92 Å². The van der Waals surface area contributed by atoms with E-state index in [-0.39, 0.29) is 0 Å². The quantitative estimate of drug-likeness (QED) is 0.831. The Bertz CT molecular complexity index is 416. The first-order valence-corrected chi connectivity index (χ1v) is 7.01. The summed E-state index contributed by atoms with van der Waals surface area (Å²) in [5, 5.41) is 0.540. The van der Waals surface area contributed by atoms with Crippen LogP contribution in [-0.2, 0) is 6.54 Å². The van der Waals surface area contributed by atoms with E-state index in [9.17, 15) is 0 Å². The number of aryl methyl sites for hydroxylation is 1. The molecule has 4 nitrogen and oxygen atoms in total. The summed E-state index contributed by atoms with van der Waals surface area (Å²) in [5.74, 6) is 0.840. The van der Waals surface area contributed by atoms with E-state index in [0.29, 0.717) is 23.3 Å². The monoisotopic (exact) mass is 266 g/mol. The summed E-state index contributed by atoms with van der Waals surface area (Å²) < 4.78 is 0. The predicted octanol–water partition coefficient (Wildman–Crippen LogP) is 1.89. The van der Waals surface area contributed by atoms with Gasteiger partial charge >= 0.3 is 0 Å². The molecule has 0 amide bonds. The summed E-state index contributed by atoms with van der Waals surface area (Å²) in [4.78, 5) is 11.3. The molecule has 2 fully saturated rings. The molecule has 2 unspecified atom stereocenters. The fourth-order valence-corrected chi connectivity index (χ4v) is 3.65. The third-order valence-electron chi connectivity index (χ3n) is 4.11. The topological polar surface area (TPSA) is 55.0 Å². The fourth-order valence-electron chi connectivity index (χ4n) is 3.40. The van der Waals surface area contributed by atoms with Crippen molar-refractivity contribution >= 4 is 11.6 Å². The fraction of sp³-hybridized carbons (Fsp3) is 0.692. The van der Waals surface area contributed by atoms with Crippen LogP contribution >= 0.6 is 11.6 Å². The summed E-state index contributed by atoms with van der Waals surface area (Å²) in [5.41, 5.74) is 7.02. The summed E-state index contributed by atoms with van der Waals surface area (Å²) in [7, 11) is 0. The standard InChI is InChI=1S/C13H19ClN4/c1-8-4-12(14)17-13(16-8)7-18-10-2-3-11(18)6-9(15)5-10/h4,9-11H,2-3,5-7,15H2,1H3. The van der Waals surface area contributed by atoms with Crippen LogP contribution in [0.4, 0.5) is 0 Å². The molecule has 1 aromatic rings. The van der Waals surface area contributed by atoms with Gasteiger partial charge < -0.3 is 5.73 Å². The molecule has 98 valence electrons. The van der Waals surface area contributed by atoms with E-state index in [2.05, 4.69) is 14.9 Å². The highest BCUT2D eigenvalue weighted by Crippen LogP contribution is 2.35. The molecule has 1 aromatic heterocycles. The second-order valence-corrected chi connectivity index (χ2v) is 5.92. The zero-order chi connectivity index (χ0) is 12.7.